The lowest BCUT2D eigenvalue weighted by Crippen LogP contribution is -2.24. The molecule has 0 aliphatic carbocycles. The molecule has 0 bridgehead atoms. The number of carbonyl (C=O) groups is 1. The molecule has 0 aliphatic heterocycles. The van der Waals surface area contributed by atoms with Gasteiger partial charge in [-0.2, -0.15) is 10.1 Å². The Labute approximate surface area is 97.6 Å². The van der Waals surface area contributed by atoms with E-state index in [4.69, 9.17) is 11.5 Å². The lowest BCUT2D eigenvalue weighted by atomic mass is 10.2. The monoisotopic (exact) mass is 229 g/mol. The molecular weight excluding hydrogens is 218 g/mol. The molecule has 6 heteroatoms. The van der Waals surface area contributed by atoms with Crippen LogP contribution in [0.25, 0.3) is 5.69 Å². The molecule has 0 spiro atoms. The number of nitrogens with zero attached hydrogens (tertiary/aromatic N) is 3. The van der Waals surface area contributed by atoms with Crippen molar-refractivity contribution in [2.24, 2.45) is 16.5 Å². The first-order valence-electron chi connectivity index (χ1n) is 4.91. The third-order valence-electron chi connectivity index (χ3n) is 2.09. The summed E-state index contributed by atoms with van der Waals surface area (Å²) < 4.78 is 1.65. The van der Waals surface area contributed by atoms with Gasteiger partial charge in [-0.3, -0.25) is 4.79 Å². The van der Waals surface area contributed by atoms with Crippen molar-refractivity contribution in [3.05, 3.63) is 48.3 Å². The summed E-state index contributed by atoms with van der Waals surface area (Å²) in [4.78, 5) is 15.1. The van der Waals surface area contributed by atoms with Gasteiger partial charge < -0.3 is 11.5 Å². The number of carbonyl (C=O) groups excluding carboxylic acids is 1. The first-order valence-corrected chi connectivity index (χ1v) is 4.91. The van der Waals surface area contributed by atoms with Crippen molar-refractivity contribution in [2.45, 2.75) is 0 Å². The van der Waals surface area contributed by atoms with E-state index in [9.17, 15) is 4.79 Å². The van der Waals surface area contributed by atoms with Crippen molar-refractivity contribution in [1.29, 1.82) is 0 Å². The number of hydrogen-bond donors (Lipinski definition) is 2. The predicted octanol–water partition coefficient (Wildman–Crippen LogP) is 0.286. The minimum absolute atomic E-state index is 0.250. The maximum absolute atomic E-state index is 11.6. The van der Waals surface area contributed by atoms with Gasteiger partial charge in [-0.25, -0.2) is 4.68 Å². The van der Waals surface area contributed by atoms with Crippen LogP contribution < -0.4 is 11.5 Å². The first kappa shape index (κ1) is 10.9. The first-order chi connectivity index (χ1) is 8.16. The fraction of sp³-hybridized carbons (Fsp3) is 0. The summed E-state index contributed by atoms with van der Waals surface area (Å²) in [6, 6.07) is 8.68. The maximum atomic E-state index is 11.6. The van der Waals surface area contributed by atoms with Crippen LogP contribution in [-0.4, -0.2) is 21.6 Å². The van der Waals surface area contributed by atoms with Gasteiger partial charge in [0.2, 0.25) is 0 Å². The second-order valence-electron chi connectivity index (χ2n) is 3.34. The van der Waals surface area contributed by atoms with E-state index < -0.39 is 5.91 Å². The van der Waals surface area contributed by atoms with E-state index in [0.717, 1.165) is 5.69 Å². The Bertz CT molecular complexity index is 555. The summed E-state index contributed by atoms with van der Waals surface area (Å²) in [7, 11) is 0. The standard InChI is InChI=1S/C11H11N5O/c12-11(13)15-10(17)8-3-1-4-9(7-8)16-6-2-5-14-16/h1-7H,(H4,12,13,15,17). The Kier molecular flexibility index (Phi) is 2.87. The van der Waals surface area contributed by atoms with Crippen LogP contribution in [0, 0.1) is 0 Å². The number of aromatic nitrogens is 2. The molecule has 2 aromatic rings. The summed E-state index contributed by atoms with van der Waals surface area (Å²) in [5.74, 6) is -0.724. The second-order valence-corrected chi connectivity index (χ2v) is 3.34. The van der Waals surface area contributed by atoms with Gasteiger partial charge in [0.1, 0.15) is 0 Å². The van der Waals surface area contributed by atoms with E-state index in [1.807, 2.05) is 6.07 Å². The molecule has 0 saturated carbocycles. The number of aliphatic imine (C=N–C) groups is 1. The van der Waals surface area contributed by atoms with Gasteiger partial charge in [-0.15, -0.1) is 0 Å². The minimum Gasteiger partial charge on any atom is -0.370 e. The van der Waals surface area contributed by atoms with Crippen molar-refractivity contribution in [1.82, 2.24) is 9.78 Å². The van der Waals surface area contributed by atoms with E-state index >= 15 is 0 Å². The highest BCUT2D eigenvalue weighted by Crippen LogP contribution is 2.10. The Morgan fingerprint density at radius 2 is 2.12 bits per heavy atom. The molecule has 0 radical (unpaired) electrons. The Balaban J connectivity index is 2.36. The molecule has 4 N–H and O–H groups in total. The van der Waals surface area contributed by atoms with Crippen LogP contribution in [0.4, 0.5) is 0 Å². The molecule has 1 amide bonds. The Morgan fingerprint density at radius 1 is 1.29 bits per heavy atom. The van der Waals surface area contributed by atoms with Gasteiger partial charge in [0.05, 0.1) is 5.69 Å². The molecule has 0 atom stereocenters. The van der Waals surface area contributed by atoms with Crippen molar-refractivity contribution in [3.8, 4) is 5.69 Å². The van der Waals surface area contributed by atoms with E-state index in [2.05, 4.69) is 10.1 Å². The average Bonchev–Trinajstić information content (AvgIpc) is 2.82. The summed E-state index contributed by atoms with van der Waals surface area (Å²) >= 11 is 0. The highest BCUT2D eigenvalue weighted by molar-refractivity contribution is 6.02. The van der Waals surface area contributed by atoms with Crippen LogP contribution in [0.15, 0.2) is 47.7 Å². The van der Waals surface area contributed by atoms with Crippen LogP contribution in [0.5, 0.6) is 0 Å². The molecule has 1 aromatic heterocycles. The Hall–Kier alpha value is -2.63. The quantitative estimate of drug-likeness (QED) is 0.571. The zero-order valence-corrected chi connectivity index (χ0v) is 8.95. The molecule has 0 saturated heterocycles. The van der Waals surface area contributed by atoms with Crippen LogP contribution >= 0.6 is 0 Å². The van der Waals surface area contributed by atoms with Gasteiger partial charge in [-0.05, 0) is 24.3 Å². The van der Waals surface area contributed by atoms with Crippen molar-refractivity contribution in [2.75, 3.05) is 0 Å². The van der Waals surface area contributed by atoms with Crippen molar-refractivity contribution >= 4 is 11.9 Å². The van der Waals surface area contributed by atoms with Crippen molar-refractivity contribution < 1.29 is 4.79 Å². The molecule has 6 nitrogen and oxygen atoms in total. The number of amides is 1. The summed E-state index contributed by atoms with van der Waals surface area (Å²) in [5, 5.41) is 4.07. The number of rotatable bonds is 2. The number of hydrogen-bond acceptors (Lipinski definition) is 2. The molecule has 0 aliphatic rings. The van der Waals surface area contributed by atoms with Gasteiger partial charge in [-0.1, -0.05) is 6.07 Å². The molecular formula is C11H11N5O. The smallest absolute Gasteiger partial charge is 0.280 e. The lowest BCUT2D eigenvalue weighted by Gasteiger charge is -2.02. The largest absolute Gasteiger partial charge is 0.370 e. The topological polar surface area (TPSA) is 99.3 Å². The Morgan fingerprint density at radius 3 is 2.76 bits per heavy atom. The van der Waals surface area contributed by atoms with Crippen LogP contribution in [0.1, 0.15) is 10.4 Å². The summed E-state index contributed by atoms with van der Waals surface area (Å²) in [5.41, 5.74) is 11.5. The molecule has 0 unspecified atom stereocenters. The maximum Gasteiger partial charge on any atom is 0.280 e. The fourth-order valence-corrected chi connectivity index (χ4v) is 1.38. The zero-order valence-electron chi connectivity index (χ0n) is 8.95. The van der Waals surface area contributed by atoms with Crippen molar-refractivity contribution in [3.63, 3.8) is 0 Å². The second kappa shape index (κ2) is 4.48. The van der Waals surface area contributed by atoms with Crippen LogP contribution in [0.2, 0.25) is 0 Å². The predicted molar refractivity (Wildman–Crippen MR) is 63.7 cm³/mol. The molecule has 86 valence electrons. The highest BCUT2D eigenvalue weighted by atomic mass is 16.1. The summed E-state index contributed by atoms with van der Waals surface area (Å²) in [6.07, 6.45) is 3.44. The SMILES string of the molecule is NC(N)=NC(=O)c1cccc(-n2cccn2)c1. The molecule has 17 heavy (non-hydrogen) atoms. The third kappa shape index (κ3) is 2.49. The highest BCUT2D eigenvalue weighted by Gasteiger charge is 2.06. The van der Waals surface area contributed by atoms with Gasteiger partial charge in [0.15, 0.2) is 5.96 Å². The third-order valence-corrected chi connectivity index (χ3v) is 2.09. The molecule has 1 aromatic carbocycles. The number of benzene rings is 1. The fourth-order valence-electron chi connectivity index (χ4n) is 1.38. The van der Waals surface area contributed by atoms with E-state index in [1.165, 1.54) is 0 Å². The summed E-state index contributed by atoms with van der Waals surface area (Å²) in [6.45, 7) is 0. The molecule has 1 heterocycles. The number of guanidine groups is 1. The van der Waals surface area contributed by atoms with Crippen LogP contribution in [0.3, 0.4) is 0 Å². The van der Waals surface area contributed by atoms with E-state index in [0.29, 0.717) is 5.56 Å². The van der Waals surface area contributed by atoms with Gasteiger partial charge in [0.25, 0.3) is 5.91 Å². The molecule has 0 fully saturated rings. The average molecular weight is 229 g/mol. The number of nitrogens with two attached hydrogens (primary N) is 2. The normalized spacial score (nSPS) is 9.88. The van der Waals surface area contributed by atoms with Gasteiger partial charge >= 0.3 is 0 Å². The van der Waals surface area contributed by atoms with E-state index in [1.54, 1.807) is 41.3 Å². The van der Waals surface area contributed by atoms with E-state index in [-0.39, 0.29) is 5.96 Å². The minimum atomic E-state index is -0.473. The molecule has 2 rings (SSSR count). The van der Waals surface area contributed by atoms with Gasteiger partial charge in [0, 0.05) is 18.0 Å². The zero-order chi connectivity index (χ0) is 12.3. The van der Waals surface area contributed by atoms with Crippen LogP contribution in [-0.2, 0) is 0 Å². The lowest BCUT2D eigenvalue weighted by molar-refractivity contribution is 0.100.